The van der Waals surface area contributed by atoms with Gasteiger partial charge in [0.1, 0.15) is 10.6 Å². The molecule has 3 rings (SSSR count). The standard InChI is InChI=1S/C22H28N4O5S/c1-14(15-7-10-17(11-8-15)25-22(23)28)24-21(27)16-9-12-19(31-2)20(13-16)32(29,30)26-18-5-3-4-6-18/h7-14,18,26H,3-6H2,1-2H3,(H,24,27)(H3,23,25,28). The molecule has 10 heteroatoms. The van der Waals surface area contributed by atoms with Crippen LogP contribution in [0.2, 0.25) is 0 Å². The predicted octanol–water partition coefficient (Wildman–Crippen LogP) is 2.90. The van der Waals surface area contributed by atoms with E-state index in [9.17, 15) is 18.0 Å². The van der Waals surface area contributed by atoms with Gasteiger partial charge in [-0.2, -0.15) is 0 Å². The number of methoxy groups -OCH3 is 1. The molecule has 1 aliphatic carbocycles. The van der Waals surface area contributed by atoms with Crippen LogP contribution in [-0.4, -0.2) is 33.5 Å². The van der Waals surface area contributed by atoms with Gasteiger partial charge in [0.2, 0.25) is 10.0 Å². The van der Waals surface area contributed by atoms with Crippen LogP contribution < -0.4 is 25.8 Å². The first-order valence-corrected chi connectivity index (χ1v) is 11.9. The summed E-state index contributed by atoms with van der Waals surface area (Å²) in [4.78, 5) is 23.7. The van der Waals surface area contributed by atoms with Crippen LogP contribution in [0.25, 0.3) is 0 Å². The van der Waals surface area contributed by atoms with Crippen molar-refractivity contribution in [1.82, 2.24) is 10.0 Å². The number of ether oxygens (including phenoxy) is 1. The second-order valence-electron chi connectivity index (χ2n) is 7.77. The second-order valence-corrected chi connectivity index (χ2v) is 9.46. The third-order valence-corrected chi connectivity index (χ3v) is 6.96. The molecule has 0 aromatic heterocycles. The number of benzene rings is 2. The summed E-state index contributed by atoms with van der Waals surface area (Å²) in [5.74, 6) is -0.241. The summed E-state index contributed by atoms with van der Waals surface area (Å²) >= 11 is 0. The number of sulfonamides is 1. The monoisotopic (exact) mass is 460 g/mol. The maximum atomic E-state index is 12.9. The molecule has 1 atom stereocenters. The minimum atomic E-state index is -3.84. The molecule has 5 N–H and O–H groups in total. The van der Waals surface area contributed by atoms with E-state index in [-0.39, 0.29) is 28.3 Å². The van der Waals surface area contributed by atoms with Gasteiger partial charge in [-0.15, -0.1) is 0 Å². The van der Waals surface area contributed by atoms with Gasteiger partial charge >= 0.3 is 6.03 Å². The fourth-order valence-corrected chi connectivity index (χ4v) is 5.22. The highest BCUT2D eigenvalue weighted by Gasteiger charge is 2.27. The van der Waals surface area contributed by atoms with Gasteiger partial charge in [0, 0.05) is 17.3 Å². The highest BCUT2D eigenvalue weighted by molar-refractivity contribution is 7.89. The Morgan fingerprint density at radius 1 is 1.09 bits per heavy atom. The lowest BCUT2D eigenvalue weighted by Crippen LogP contribution is -2.33. The molecule has 2 aromatic carbocycles. The average Bonchev–Trinajstić information content (AvgIpc) is 3.25. The van der Waals surface area contributed by atoms with Gasteiger partial charge in [0.15, 0.2) is 0 Å². The molecule has 0 spiro atoms. The van der Waals surface area contributed by atoms with Crippen molar-refractivity contribution in [2.24, 2.45) is 5.73 Å². The van der Waals surface area contributed by atoms with Gasteiger partial charge in [0.05, 0.1) is 13.2 Å². The summed E-state index contributed by atoms with van der Waals surface area (Å²) < 4.78 is 33.8. The van der Waals surface area contributed by atoms with Crippen molar-refractivity contribution in [2.75, 3.05) is 12.4 Å². The lowest BCUT2D eigenvalue weighted by atomic mass is 10.1. The number of rotatable bonds is 8. The van der Waals surface area contributed by atoms with Crippen molar-refractivity contribution in [1.29, 1.82) is 0 Å². The van der Waals surface area contributed by atoms with Crippen molar-refractivity contribution in [3.63, 3.8) is 0 Å². The highest BCUT2D eigenvalue weighted by atomic mass is 32.2. The van der Waals surface area contributed by atoms with E-state index in [4.69, 9.17) is 10.5 Å². The van der Waals surface area contributed by atoms with Crippen molar-refractivity contribution in [3.8, 4) is 5.75 Å². The molecule has 0 bridgehead atoms. The molecule has 32 heavy (non-hydrogen) atoms. The van der Waals surface area contributed by atoms with E-state index in [1.807, 2.05) is 0 Å². The molecule has 1 aliphatic rings. The highest BCUT2D eigenvalue weighted by Crippen LogP contribution is 2.27. The van der Waals surface area contributed by atoms with Crippen LogP contribution in [0.1, 0.15) is 54.6 Å². The van der Waals surface area contributed by atoms with Crippen LogP contribution in [0.15, 0.2) is 47.4 Å². The smallest absolute Gasteiger partial charge is 0.316 e. The molecule has 0 radical (unpaired) electrons. The Labute approximate surface area is 187 Å². The van der Waals surface area contributed by atoms with Gasteiger partial charge < -0.3 is 21.1 Å². The fourth-order valence-electron chi connectivity index (χ4n) is 3.72. The Kier molecular flexibility index (Phi) is 7.37. The van der Waals surface area contributed by atoms with E-state index < -0.39 is 22.0 Å². The topological polar surface area (TPSA) is 140 Å². The molecule has 1 fully saturated rings. The normalized spacial score (nSPS) is 15.2. The lowest BCUT2D eigenvalue weighted by Gasteiger charge is -2.17. The zero-order valence-corrected chi connectivity index (χ0v) is 18.9. The summed E-state index contributed by atoms with van der Waals surface area (Å²) in [7, 11) is -2.45. The van der Waals surface area contributed by atoms with Crippen LogP contribution in [0.5, 0.6) is 5.75 Å². The number of urea groups is 1. The first-order valence-electron chi connectivity index (χ1n) is 10.4. The Bertz CT molecular complexity index is 1080. The summed E-state index contributed by atoms with van der Waals surface area (Å²) in [5, 5.41) is 5.33. The van der Waals surface area contributed by atoms with Crippen molar-refractivity contribution in [2.45, 2.75) is 49.6 Å². The number of hydrogen-bond acceptors (Lipinski definition) is 5. The Morgan fingerprint density at radius 3 is 2.34 bits per heavy atom. The van der Waals surface area contributed by atoms with Crippen LogP contribution in [-0.2, 0) is 10.0 Å². The molecule has 172 valence electrons. The fraction of sp³-hybridized carbons (Fsp3) is 0.364. The van der Waals surface area contributed by atoms with Crippen molar-refractivity contribution < 1.29 is 22.7 Å². The van der Waals surface area contributed by atoms with Crippen molar-refractivity contribution in [3.05, 3.63) is 53.6 Å². The molecular weight excluding hydrogens is 432 g/mol. The van der Waals surface area contributed by atoms with E-state index in [1.54, 1.807) is 31.2 Å². The molecule has 3 amide bonds. The SMILES string of the molecule is COc1ccc(C(=O)NC(C)c2ccc(NC(N)=O)cc2)cc1S(=O)(=O)NC1CCCC1. The summed E-state index contributed by atoms with van der Waals surface area (Å²) in [5.41, 5.74) is 6.65. The van der Waals surface area contributed by atoms with Gasteiger partial charge in [-0.05, 0) is 55.7 Å². The zero-order valence-electron chi connectivity index (χ0n) is 18.1. The maximum absolute atomic E-state index is 12.9. The first kappa shape index (κ1) is 23.6. The van der Waals surface area contributed by atoms with E-state index in [0.29, 0.717) is 5.69 Å². The number of anilines is 1. The van der Waals surface area contributed by atoms with Crippen LogP contribution >= 0.6 is 0 Å². The Hall–Kier alpha value is -3.11. The lowest BCUT2D eigenvalue weighted by molar-refractivity contribution is 0.0939. The minimum absolute atomic E-state index is 0.0610. The minimum Gasteiger partial charge on any atom is -0.495 e. The number of nitrogens with one attached hydrogen (secondary N) is 3. The first-order chi connectivity index (χ1) is 15.2. The summed E-state index contributed by atoms with van der Waals surface area (Å²) in [6.07, 6.45) is 3.58. The van der Waals surface area contributed by atoms with E-state index in [0.717, 1.165) is 31.2 Å². The number of carbonyl (C=O) groups excluding carboxylic acids is 2. The summed E-state index contributed by atoms with van der Waals surface area (Å²) in [6.45, 7) is 1.80. The number of primary amides is 1. The predicted molar refractivity (Wildman–Crippen MR) is 121 cm³/mol. The molecule has 0 saturated heterocycles. The summed E-state index contributed by atoms with van der Waals surface area (Å²) in [6, 6.07) is 10.1. The Morgan fingerprint density at radius 2 is 1.75 bits per heavy atom. The van der Waals surface area contributed by atoms with Gasteiger partial charge in [-0.3, -0.25) is 4.79 Å². The number of amides is 3. The quantitative estimate of drug-likeness (QED) is 0.480. The van der Waals surface area contributed by atoms with E-state index >= 15 is 0 Å². The third kappa shape index (κ3) is 5.77. The van der Waals surface area contributed by atoms with E-state index in [2.05, 4.69) is 15.4 Å². The zero-order chi connectivity index (χ0) is 23.3. The molecule has 0 aliphatic heterocycles. The largest absolute Gasteiger partial charge is 0.495 e. The Balaban J connectivity index is 1.76. The third-order valence-electron chi connectivity index (χ3n) is 5.42. The number of hydrogen-bond donors (Lipinski definition) is 4. The number of nitrogens with two attached hydrogens (primary N) is 1. The van der Waals surface area contributed by atoms with Gasteiger partial charge in [0.25, 0.3) is 5.91 Å². The molecule has 2 aromatic rings. The van der Waals surface area contributed by atoms with E-state index in [1.165, 1.54) is 25.3 Å². The second kappa shape index (κ2) is 10.0. The molecule has 1 saturated carbocycles. The molecular formula is C22H28N4O5S. The van der Waals surface area contributed by atoms with Crippen LogP contribution in [0.4, 0.5) is 10.5 Å². The van der Waals surface area contributed by atoms with Gasteiger partial charge in [-0.25, -0.2) is 17.9 Å². The maximum Gasteiger partial charge on any atom is 0.316 e. The molecule has 9 nitrogen and oxygen atoms in total. The number of carbonyl (C=O) groups is 2. The molecule has 1 unspecified atom stereocenters. The average molecular weight is 461 g/mol. The van der Waals surface area contributed by atoms with Crippen LogP contribution in [0.3, 0.4) is 0 Å². The van der Waals surface area contributed by atoms with Crippen LogP contribution in [0, 0.1) is 0 Å². The van der Waals surface area contributed by atoms with Gasteiger partial charge in [-0.1, -0.05) is 25.0 Å². The van der Waals surface area contributed by atoms with Crippen molar-refractivity contribution >= 4 is 27.6 Å². The molecule has 0 heterocycles.